The SMILES string of the molecule is CSc1ccc(C(=O)C=Cc2cc(F)cc(F)c2)cc1. The number of rotatable bonds is 4. The third-order valence-corrected chi connectivity index (χ3v) is 3.43. The zero-order valence-electron chi connectivity index (χ0n) is 10.8. The van der Waals surface area contributed by atoms with E-state index in [1.165, 1.54) is 24.3 Å². The summed E-state index contributed by atoms with van der Waals surface area (Å²) in [6.07, 6.45) is 4.66. The van der Waals surface area contributed by atoms with E-state index in [-0.39, 0.29) is 5.78 Å². The van der Waals surface area contributed by atoms with Crippen LogP contribution in [0.25, 0.3) is 6.08 Å². The summed E-state index contributed by atoms with van der Waals surface area (Å²) in [4.78, 5) is 13.0. The van der Waals surface area contributed by atoms with Crippen LogP contribution in [0.4, 0.5) is 8.78 Å². The molecule has 0 atom stereocenters. The monoisotopic (exact) mass is 290 g/mol. The third kappa shape index (κ3) is 3.78. The molecule has 0 amide bonds. The fourth-order valence-electron chi connectivity index (χ4n) is 1.69. The predicted octanol–water partition coefficient (Wildman–Crippen LogP) is 4.58. The van der Waals surface area contributed by atoms with E-state index in [0.717, 1.165) is 11.0 Å². The molecule has 0 unspecified atom stereocenters. The number of ketones is 1. The Balaban J connectivity index is 2.15. The molecule has 1 nitrogen and oxygen atoms in total. The van der Waals surface area contributed by atoms with E-state index in [4.69, 9.17) is 0 Å². The maximum absolute atomic E-state index is 13.0. The molecule has 0 aliphatic carbocycles. The van der Waals surface area contributed by atoms with E-state index in [0.29, 0.717) is 11.1 Å². The molecule has 0 radical (unpaired) electrons. The Morgan fingerprint density at radius 3 is 2.20 bits per heavy atom. The van der Waals surface area contributed by atoms with Crippen molar-refractivity contribution in [2.45, 2.75) is 4.90 Å². The van der Waals surface area contributed by atoms with Crippen molar-refractivity contribution >= 4 is 23.6 Å². The first-order valence-corrected chi connectivity index (χ1v) is 7.13. The fraction of sp³-hybridized carbons (Fsp3) is 0.0625. The summed E-state index contributed by atoms with van der Waals surface area (Å²) in [6, 6.07) is 10.3. The van der Waals surface area contributed by atoms with Gasteiger partial charge in [0, 0.05) is 16.5 Å². The minimum absolute atomic E-state index is 0.206. The minimum atomic E-state index is -0.665. The number of halogens is 2. The third-order valence-electron chi connectivity index (χ3n) is 2.69. The van der Waals surface area contributed by atoms with Crippen LogP contribution in [0.2, 0.25) is 0 Å². The van der Waals surface area contributed by atoms with Gasteiger partial charge in [-0.05, 0) is 54.3 Å². The zero-order chi connectivity index (χ0) is 14.5. The second-order valence-corrected chi connectivity index (χ2v) is 5.01. The quantitative estimate of drug-likeness (QED) is 0.465. The second-order valence-electron chi connectivity index (χ2n) is 4.13. The maximum Gasteiger partial charge on any atom is 0.185 e. The van der Waals surface area contributed by atoms with Gasteiger partial charge < -0.3 is 0 Å². The van der Waals surface area contributed by atoms with Crippen LogP contribution < -0.4 is 0 Å². The van der Waals surface area contributed by atoms with Gasteiger partial charge in [0.05, 0.1) is 0 Å². The summed E-state index contributed by atoms with van der Waals surface area (Å²) in [6.45, 7) is 0. The Morgan fingerprint density at radius 1 is 1.05 bits per heavy atom. The Labute approximate surface area is 120 Å². The second kappa shape index (κ2) is 6.48. The van der Waals surface area contributed by atoms with Gasteiger partial charge in [0.1, 0.15) is 11.6 Å². The zero-order valence-corrected chi connectivity index (χ0v) is 11.6. The molecule has 20 heavy (non-hydrogen) atoms. The van der Waals surface area contributed by atoms with Crippen LogP contribution in [0.15, 0.2) is 53.4 Å². The lowest BCUT2D eigenvalue weighted by atomic mass is 10.1. The molecule has 0 bridgehead atoms. The lowest BCUT2D eigenvalue weighted by Crippen LogP contribution is -1.93. The largest absolute Gasteiger partial charge is 0.289 e. The molecular formula is C16H12F2OS. The lowest BCUT2D eigenvalue weighted by Gasteiger charge is -1.99. The van der Waals surface area contributed by atoms with Gasteiger partial charge in [-0.15, -0.1) is 11.8 Å². The van der Waals surface area contributed by atoms with Gasteiger partial charge in [0.2, 0.25) is 0 Å². The molecule has 0 N–H and O–H groups in total. The number of thioether (sulfide) groups is 1. The average molecular weight is 290 g/mol. The fourth-order valence-corrected chi connectivity index (χ4v) is 2.10. The number of carbonyl (C=O) groups excluding carboxylic acids is 1. The number of hydrogen-bond acceptors (Lipinski definition) is 2. The molecule has 2 rings (SSSR count). The Kier molecular flexibility index (Phi) is 4.69. The van der Waals surface area contributed by atoms with Crippen LogP contribution in [-0.2, 0) is 0 Å². The highest BCUT2D eigenvalue weighted by molar-refractivity contribution is 7.98. The molecule has 4 heteroatoms. The van der Waals surface area contributed by atoms with Crippen molar-refractivity contribution in [2.75, 3.05) is 6.26 Å². The van der Waals surface area contributed by atoms with Gasteiger partial charge in [-0.1, -0.05) is 6.08 Å². The van der Waals surface area contributed by atoms with Crippen LogP contribution in [0.3, 0.4) is 0 Å². The smallest absolute Gasteiger partial charge is 0.185 e. The van der Waals surface area contributed by atoms with E-state index >= 15 is 0 Å². The highest BCUT2D eigenvalue weighted by atomic mass is 32.2. The summed E-state index contributed by atoms with van der Waals surface area (Å²) in [5, 5.41) is 0. The first-order chi connectivity index (χ1) is 9.58. The van der Waals surface area contributed by atoms with Crippen molar-refractivity contribution < 1.29 is 13.6 Å². The van der Waals surface area contributed by atoms with Crippen LogP contribution in [0.1, 0.15) is 15.9 Å². The van der Waals surface area contributed by atoms with E-state index in [9.17, 15) is 13.6 Å². The lowest BCUT2D eigenvalue weighted by molar-refractivity contribution is 0.104. The van der Waals surface area contributed by atoms with Gasteiger partial charge in [-0.3, -0.25) is 4.79 Å². The Hall–Kier alpha value is -1.94. The normalized spacial score (nSPS) is 10.9. The molecule has 0 spiro atoms. The molecule has 0 aliphatic rings. The van der Waals surface area contributed by atoms with Crippen LogP contribution in [0.5, 0.6) is 0 Å². The van der Waals surface area contributed by atoms with Gasteiger partial charge in [-0.2, -0.15) is 0 Å². The van der Waals surface area contributed by atoms with E-state index in [1.807, 2.05) is 18.4 Å². The van der Waals surface area contributed by atoms with E-state index in [2.05, 4.69) is 0 Å². The first-order valence-electron chi connectivity index (χ1n) is 5.91. The van der Waals surface area contributed by atoms with Crippen LogP contribution >= 0.6 is 11.8 Å². The summed E-state index contributed by atoms with van der Waals surface area (Å²) < 4.78 is 26.0. The Bertz CT molecular complexity index is 628. The van der Waals surface area contributed by atoms with Gasteiger partial charge in [0.25, 0.3) is 0 Å². The van der Waals surface area contributed by atoms with Crippen molar-refractivity contribution in [3.8, 4) is 0 Å². The van der Waals surface area contributed by atoms with Crippen molar-refractivity contribution in [3.05, 3.63) is 71.3 Å². The average Bonchev–Trinajstić information content (AvgIpc) is 2.44. The first kappa shape index (κ1) is 14.5. The van der Waals surface area contributed by atoms with Crippen molar-refractivity contribution in [3.63, 3.8) is 0 Å². The minimum Gasteiger partial charge on any atom is -0.289 e. The number of carbonyl (C=O) groups is 1. The Morgan fingerprint density at radius 2 is 1.65 bits per heavy atom. The molecule has 0 aromatic heterocycles. The molecule has 2 aromatic carbocycles. The van der Waals surface area contributed by atoms with Crippen LogP contribution in [0, 0.1) is 11.6 Å². The molecule has 0 saturated heterocycles. The van der Waals surface area contributed by atoms with Crippen molar-refractivity contribution in [2.24, 2.45) is 0 Å². The highest BCUT2D eigenvalue weighted by Gasteiger charge is 2.02. The summed E-state index contributed by atoms with van der Waals surface area (Å²) in [5.41, 5.74) is 0.854. The summed E-state index contributed by atoms with van der Waals surface area (Å²) >= 11 is 1.59. The van der Waals surface area contributed by atoms with Gasteiger partial charge >= 0.3 is 0 Å². The number of allylic oxidation sites excluding steroid dienone is 1. The molecule has 0 aliphatic heterocycles. The molecular weight excluding hydrogens is 278 g/mol. The molecule has 0 saturated carbocycles. The maximum atomic E-state index is 13.0. The standard InChI is InChI=1S/C16H12F2OS/c1-20-15-5-3-12(4-6-15)16(19)7-2-11-8-13(17)10-14(18)9-11/h2-10H,1H3. The van der Waals surface area contributed by atoms with Gasteiger partial charge in [0.15, 0.2) is 5.78 Å². The van der Waals surface area contributed by atoms with Crippen molar-refractivity contribution in [1.29, 1.82) is 0 Å². The van der Waals surface area contributed by atoms with E-state index < -0.39 is 11.6 Å². The topological polar surface area (TPSA) is 17.1 Å². The number of benzene rings is 2. The van der Waals surface area contributed by atoms with E-state index in [1.54, 1.807) is 23.9 Å². The molecule has 0 fully saturated rings. The summed E-state index contributed by atoms with van der Waals surface area (Å²) in [5.74, 6) is -1.54. The molecule has 2 aromatic rings. The highest BCUT2D eigenvalue weighted by Crippen LogP contribution is 2.16. The summed E-state index contributed by atoms with van der Waals surface area (Å²) in [7, 11) is 0. The van der Waals surface area contributed by atoms with Crippen molar-refractivity contribution in [1.82, 2.24) is 0 Å². The predicted molar refractivity (Wildman–Crippen MR) is 77.9 cm³/mol. The number of hydrogen-bond donors (Lipinski definition) is 0. The molecule has 0 heterocycles. The van der Waals surface area contributed by atoms with Crippen LogP contribution in [-0.4, -0.2) is 12.0 Å². The molecule has 102 valence electrons. The van der Waals surface area contributed by atoms with Gasteiger partial charge in [-0.25, -0.2) is 8.78 Å².